The lowest BCUT2D eigenvalue weighted by Gasteiger charge is -1.98. The van der Waals surface area contributed by atoms with Gasteiger partial charge in [0, 0.05) is 18.2 Å². The van der Waals surface area contributed by atoms with Crippen LogP contribution in [-0.4, -0.2) is 16.7 Å². The van der Waals surface area contributed by atoms with Gasteiger partial charge >= 0.3 is 0 Å². The number of hydrogen-bond acceptors (Lipinski definition) is 2. The van der Waals surface area contributed by atoms with Gasteiger partial charge in [0.15, 0.2) is 0 Å². The zero-order valence-corrected chi connectivity index (χ0v) is 9.13. The highest BCUT2D eigenvalue weighted by Crippen LogP contribution is 2.22. The number of hydrogen-bond donors (Lipinski definition) is 2. The summed E-state index contributed by atoms with van der Waals surface area (Å²) in [4.78, 5) is 0. The van der Waals surface area contributed by atoms with Crippen molar-refractivity contribution in [3.63, 3.8) is 0 Å². The molecule has 4 heteroatoms. The molecule has 0 unspecified atom stereocenters. The van der Waals surface area contributed by atoms with Crippen LogP contribution in [0.5, 0.6) is 0 Å². The Hall–Kier alpha value is -1.84. The monoisotopic (exact) mass is 219 g/mol. The van der Waals surface area contributed by atoms with Gasteiger partial charge in [0.25, 0.3) is 0 Å². The van der Waals surface area contributed by atoms with Crippen molar-refractivity contribution in [2.75, 3.05) is 11.9 Å². The number of nitrogens with one attached hydrogen (secondary N) is 2. The highest BCUT2D eigenvalue weighted by molar-refractivity contribution is 5.63. The summed E-state index contributed by atoms with van der Waals surface area (Å²) in [5.74, 6) is 0.508. The molecular weight excluding hydrogens is 205 g/mol. The van der Waals surface area contributed by atoms with E-state index in [1.807, 2.05) is 6.07 Å². The maximum atomic E-state index is 13.5. The fourth-order valence-electron chi connectivity index (χ4n) is 1.48. The third-order valence-corrected chi connectivity index (χ3v) is 2.30. The molecule has 1 heterocycles. The smallest absolute Gasteiger partial charge is 0.148 e. The zero-order chi connectivity index (χ0) is 11.4. The molecule has 0 atom stereocenters. The molecule has 84 valence electrons. The average Bonchev–Trinajstić information content (AvgIpc) is 2.75. The number of aromatic amines is 1. The van der Waals surface area contributed by atoms with E-state index in [2.05, 4.69) is 22.4 Å². The van der Waals surface area contributed by atoms with E-state index in [1.54, 1.807) is 18.2 Å². The van der Waals surface area contributed by atoms with E-state index in [0.717, 1.165) is 18.8 Å². The molecule has 2 rings (SSSR count). The van der Waals surface area contributed by atoms with Crippen LogP contribution >= 0.6 is 0 Å². The average molecular weight is 219 g/mol. The maximum absolute atomic E-state index is 13.5. The molecule has 1 aromatic heterocycles. The van der Waals surface area contributed by atoms with E-state index in [-0.39, 0.29) is 5.82 Å². The highest BCUT2D eigenvalue weighted by Gasteiger charge is 2.07. The van der Waals surface area contributed by atoms with Gasteiger partial charge in [-0.15, -0.1) is 0 Å². The van der Waals surface area contributed by atoms with Crippen molar-refractivity contribution in [2.45, 2.75) is 13.3 Å². The largest absolute Gasteiger partial charge is 0.369 e. The second-order valence-corrected chi connectivity index (χ2v) is 3.57. The Bertz CT molecular complexity index is 465. The van der Waals surface area contributed by atoms with E-state index in [0.29, 0.717) is 11.3 Å². The number of rotatable bonds is 4. The third-order valence-electron chi connectivity index (χ3n) is 2.30. The molecule has 2 N–H and O–H groups in total. The zero-order valence-electron chi connectivity index (χ0n) is 9.13. The molecule has 0 saturated heterocycles. The molecule has 2 aromatic rings. The van der Waals surface area contributed by atoms with Crippen LogP contribution in [0.25, 0.3) is 11.3 Å². The van der Waals surface area contributed by atoms with Gasteiger partial charge in [0.1, 0.15) is 11.6 Å². The van der Waals surface area contributed by atoms with E-state index in [4.69, 9.17) is 0 Å². The lowest BCUT2D eigenvalue weighted by molar-refractivity contribution is 0.630. The Morgan fingerprint density at radius 2 is 2.19 bits per heavy atom. The van der Waals surface area contributed by atoms with E-state index in [1.165, 1.54) is 6.07 Å². The van der Waals surface area contributed by atoms with Gasteiger partial charge in [-0.05, 0) is 18.6 Å². The van der Waals surface area contributed by atoms with Gasteiger partial charge in [-0.1, -0.05) is 19.1 Å². The van der Waals surface area contributed by atoms with Crippen molar-refractivity contribution in [3.05, 3.63) is 36.1 Å². The van der Waals surface area contributed by atoms with Gasteiger partial charge in [-0.2, -0.15) is 5.10 Å². The van der Waals surface area contributed by atoms with Crippen LogP contribution in [0.1, 0.15) is 13.3 Å². The summed E-state index contributed by atoms with van der Waals surface area (Å²) < 4.78 is 13.5. The third kappa shape index (κ3) is 2.21. The summed E-state index contributed by atoms with van der Waals surface area (Å²) in [5.41, 5.74) is 1.23. The first-order valence-corrected chi connectivity index (χ1v) is 5.35. The number of halogens is 1. The summed E-state index contributed by atoms with van der Waals surface area (Å²) >= 11 is 0. The summed E-state index contributed by atoms with van der Waals surface area (Å²) in [7, 11) is 0. The first-order valence-electron chi connectivity index (χ1n) is 5.35. The van der Waals surface area contributed by atoms with Crippen molar-refractivity contribution in [1.29, 1.82) is 0 Å². The van der Waals surface area contributed by atoms with Gasteiger partial charge in [0.2, 0.25) is 0 Å². The summed E-state index contributed by atoms with van der Waals surface area (Å²) in [6.45, 7) is 2.94. The fraction of sp³-hybridized carbons (Fsp3) is 0.250. The standard InChI is InChI=1S/C12H14FN3/c1-2-7-14-12-8-11(15-16-12)9-5-3-4-6-10(9)13/h3-6,8H,2,7H2,1H3,(H2,14,15,16). The quantitative estimate of drug-likeness (QED) is 0.829. The van der Waals surface area contributed by atoms with E-state index < -0.39 is 0 Å². The predicted octanol–water partition coefficient (Wildman–Crippen LogP) is 3.04. The van der Waals surface area contributed by atoms with Crippen LogP contribution in [0.2, 0.25) is 0 Å². The van der Waals surface area contributed by atoms with Crippen LogP contribution < -0.4 is 5.32 Å². The molecule has 1 aromatic carbocycles. The summed E-state index contributed by atoms with van der Waals surface area (Å²) in [6.07, 6.45) is 1.03. The molecule has 3 nitrogen and oxygen atoms in total. The van der Waals surface area contributed by atoms with Crippen LogP contribution in [0.4, 0.5) is 10.2 Å². The van der Waals surface area contributed by atoms with Crippen LogP contribution in [0.3, 0.4) is 0 Å². The summed E-state index contributed by atoms with van der Waals surface area (Å²) in [5, 5.41) is 10.0. The Balaban J connectivity index is 2.22. The fourth-order valence-corrected chi connectivity index (χ4v) is 1.48. The second-order valence-electron chi connectivity index (χ2n) is 3.57. The minimum atomic E-state index is -0.242. The first-order chi connectivity index (χ1) is 7.81. The molecule has 0 saturated carbocycles. The Kier molecular flexibility index (Phi) is 3.19. The van der Waals surface area contributed by atoms with Gasteiger partial charge < -0.3 is 5.32 Å². The van der Waals surface area contributed by atoms with Crippen molar-refractivity contribution in [2.24, 2.45) is 0 Å². The Morgan fingerprint density at radius 3 is 2.94 bits per heavy atom. The van der Waals surface area contributed by atoms with Crippen molar-refractivity contribution in [3.8, 4) is 11.3 Å². The number of H-pyrrole nitrogens is 1. The molecule has 0 aliphatic heterocycles. The topological polar surface area (TPSA) is 40.7 Å². The Labute approximate surface area is 93.7 Å². The van der Waals surface area contributed by atoms with Crippen LogP contribution in [0.15, 0.2) is 30.3 Å². The Morgan fingerprint density at radius 1 is 1.38 bits per heavy atom. The predicted molar refractivity (Wildman–Crippen MR) is 62.8 cm³/mol. The first kappa shape index (κ1) is 10.7. The number of benzene rings is 1. The number of aromatic nitrogens is 2. The molecule has 0 fully saturated rings. The minimum absolute atomic E-state index is 0.242. The highest BCUT2D eigenvalue weighted by atomic mass is 19.1. The number of nitrogens with zero attached hydrogens (tertiary/aromatic N) is 1. The lowest BCUT2D eigenvalue weighted by Crippen LogP contribution is -1.99. The molecule has 0 amide bonds. The molecule has 16 heavy (non-hydrogen) atoms. The molecule has 0 radical (unpaired) electrons. The van der Waals surface area contributed by atoms with Crippen molar-refractivity contribution in [1.82, 2.24) is 10.2 Å². The molecular formula is C12H14FN3. The van der Waals surface area contributed by atoms with Crippen LogP contribution in [0, 0.1) is 5.82 Å². The lowest BCUT2D eigenvalue weighted by atomic mass is 10.1. The van der Waals surface area contributed by atoms with Crippen molar-refractivity contribution < 1.29 is 4.39 Å². The van der Waals surface area contributed by atoms with Gasteiger partial charge in [0.05, 0.1) is 5.69 Å². The van der Waals surface area contributed by atoms with Gasteiger partial charge in [-0.3, -0.25) is 5.10 Å². The van der Waals surface area contributed by atoms with E-state index >= 15 is 0 Å². The normalized spacial score (nSPS) is 10.4. The maximum Gasteiger partial charge on any atom is 0.148 e. The molecule has 0 aliphatic carbocycles. The van der Waals surface area contributed by atoms with Crippen LogP contribution in [-0.2, 0) is 0 Å². The second kappa shape index (κ2) is 4.79. The minimum Gasteiger partial charge on any atom is -0.369 e. The molecule has 0 aliphatic rings. The SMILES string of the molecule is CCCNc1cc(-c2ccccc2F)[nH]n1. The van der Waals surface area contributed by atoms with Gasteiger partial charge in [-0.25, -0.2) is 4.39 Å². The van der Waals surface area contributed by atoms with Crippen molar-refractivity contribution >= 4 is 5.82 Å². The number of anilines is 1. The molecule has 0 spiro atoms. The van der Waals surface area contributed by atoms with E-state index in [9.17, 15) is 4.39 Å². The summed E-state index contributed by atoms with van der Waals surface area (Å²) in [6, 6.07) is 8.46. The molecule has 0 bridgehead atoms.